The molecule has 22 heavy (non-hydrogen) atoms. The van der Waals surface area contributed by atoms with Gasteiger partial charge in [0.15, 0.2) is 0 Å². The largest absolute Gasteiger partial charge is 0.351 e. The lowest BCUT2D eigenvalue weighted by Gasteiger charge is -2.28. The van der Waals surface area contributed by atoms with Crippen molar-refractivity contribution in [1.29, 1.82) is 0 Å². The first-order chi connectivity index (χ1) is 10.6. The molecule has 0 saturated heterocycles. The smallest absolute Gasteiger partial charge is 0.251 e. The molecule has 3 rings (SSSR count). The SMILES string of the molecule is Cc1ccc(C(=O)NCC2(c3ccsc3)CCCC2)cc1C. The molecule has 1 aliphatic carbocycles. The molecule has 1 amide bonds. The van der Waals surface area contributed by atoms with Crippen LogP contribution < -0.4 is 5.32 Å². The molecule has 2 nitrogen and oxygen atoms in total. The summed E-state index contributed by atoms with van der Waals surface area (Å²) in [6.45, 7) is 4.87. The fraction of sp³-hybridized carbons (Fsp3) is 0.421. The molecule has 1 aromatic heterocycles. The summed E-state index contributed by atoms with van der Waals surface area (Å²) in [4.78, 5) is 12.5. The topological polar surface area (TPSA) is 29.1 Å². The van der Waals surface area contributed by atoms with Gasteiger partial charge in [0.25, 0.3) is 5.91 Å². The maximum atomic E-state index is 12.5. The normalized spacial score (nSPS) is 16.6. The summed E-state index contributed by atoms with van der Waals surface area (Å²) in [5.74, 6) is 0.0459. The Balaban J connectivity index is 1.72. The lowest BCUT2D eigenvalue weighted by Crippen LogP contribution is -2.38. The average Bonchev–Trinajstić information content (AvgIpc) is 3.19. The van der Waals surface area contributed by atoms with E-state index in [2.05, 4.69) is 36.0 Å². The zero-order valence-corrected chi connectivity index (χ0v) is 14.1. The molecule has 2 aromatic rings. The van der Waals surface area contributed by atoms with Crippen LogP contribution in [0, 0.1) is 13.8 Å². The van der Waals surface area contributed by atoms with Crippen molar-refractivity contribution in [2.75, 3.05) is 6.54 Å². The van der Waals surface area contributed by atoms with E-state index in [0.717, 1.165) is 12.1 Å². The van der Waals surface area contributed by atoms with E-state index >= 15 is 0 Å². The van der Waals surface area contributed by atoms with Gasteiger partial charge in [-0.1, -0.05) is 18.9 Å². The quantitative estimate of drug-likeness (QED) is 0.877. The summed E-state index contributed by atoms with van der Waals surface area (Å²) in [6, 6.07) is 8.15. The van der Waals surface area contributed by atoms with Crippen LogP contribution in [0.1, 0.15) is 52.7 Å². The number of rotatable bonds is 4. The minimum Gasteiger partial charge on any atom is -0.351 e. The number of aryl methyl sites for hydroxylation is 2. The van der Waals surface area contributed by atoms with Gasteiger partial charge in [0.2, 0.25) is 0 Å². The van der Waals surface area contributed by atoms with Crippen molar-refractivity contribution in [1.82, 2.24) is 5.32 Å². The Morgan fingerprint density at radius 3 is 2.59 bits per heavy atom. The van der Waals surface area contributed by atoms with Gasteiger partial charge in [-0.2, -0.15) is 11.3 Å². The first kappa shape index (κ1) is 15.3. The van der Waals surface area contributed by atoms with Gasteiger partial charge in [-0.05, 0) is 72.3 Å². The number of nitrogens with one attached hydrogen (secondary N) is 1. The van der Waals surface area contributed by atoms with E-state index in [1.165, 1.54) is 42.4 Å². The molecule has 1 heterocycles. The summed E-state index contributed by atoms with van der Waals surface area (Å²) >= 11 is 1.75. The molecule has 3 heteroatoms. The Hall–Kier alpha value is -1.61. The van der Waals surface area contributed by atoms with E-state index in [1.54, 1.807) is 11.3 Å². The maximum Gasteiger partial charge on any atom is 0.251 e. The molecular weight excluding hydrogens is 290 g/mol. The molecule has 1 aromatic carbocycles. The van der Waals surface area contributed by atoms with Crippen LogP contribution in [0.3, 0.4) is 0 Å². The second kappa shape index (κ2) is 6.25. The van der Waals surface area contributed by atoms with Gasteiger partial charge < -0.3 is 5.32 Å². The highest BCUT2D eigenvalue weighted by Gasteiger charge is 2.36. The monoisotopic (exact) mass is 313 g/mol. The van der Waals surface area contributed by atoms with Crippen molar-refractivity contribution in [3.63, 3.8) is 0 Å². The number of hydrogen-bond acceptors (Lipinski definition) is 2. The number of amides is 1. The van der Waals surface area contributed by atoms with E-state index in [0.29, 0.717) is 0 Å². The maximum absolute atomic E-state index is 12.5. The minimum atomic E-state index is 0.0459. The highest BCUT2D eigenvalue weighted by atomic mass is 32.1. The van der Waals surface area contributed by atoms with E-state index in [4.69, 9.17) is 0 Å². The summed E-state index contributed by atoms with van der Waals surface area (Å²) < 4.78 is 0. The predicted octanol–water partition coefficient (Wildman–Crippen LogP) is 4.61. The summed E-state index contributed by atoms with van der Waals surface area (Å²) in [6.07, 6.45) is 4.87. The van der Waals surface area contributed by atoms with Gasteiger partial charge in [-0.15, -0.1) is 0 Å². The van der Waals surface area contributed by atoms with Crippen LogP contribution in [-0.2, 0) is 5.41 Å². The van der Waals surface area contributed by atoms with Crippen molar-refractivity contribution in [3.8, 4) is 0 Å². The fourth-order valence-corrected chi connectivity index (χ4v) is 4.20. The van der Waals surface area contributed by atoms with E-state index in [9.17, 15) is 4.79 Å². The van der Waals surface area contributed by atoms with Gasteiger partial charge in [-0.3, -0.25) is 4.79 Å². The van der Waals surface area contributed by atoms with Crippen LogP contribution in [0.2, 0.25) is 0 Å². The predicted molar refractivity (Wildman–Crippen MR) is 92.7 cm³/mol. The Morgan fingerprint density at radius 2 is 1.95 bits per heavy atom. The molecule has 116 valence electrons. The third-order valence-corrected chi connectivity index (χ3v) is 5.73. The standard InChI is InChI=1S/C19H23NOS/c1-14-5-6-16(11-15(14)2)18(21)20-13-19(8-3-4-9-19)17-7-10-22-12-17/h5-7,10-12H,3-4,8-9,13H2,1-2H3,(H,20,21). The second-order valence-corrected chi connectivity index (χ2v) is 7.26. The molecule has 0 spiro atoms. The van der Waals surface area contributed by atoms with Crippen molar-refractivity contribution >= 4 is 17.2 Å². The molecule has 1 aliphatic rings. The van der Waals surface area contributed by atoms with E-state index in [-0.39, 0.29) is 11.3 Å². The first-order valence-corrected chi connectivity index (χ1v) is 8.93. The van der Waals surface area contributed by atoms with E-state index in [1.807, 2.05) is 18.2 Å². The fourth-order valence-electron chi connectivity index (χ4n) is 3.42. The zero-order chi connectivity index (χ0) is 15.6. The number of benzene rings is 1. The molecule has 1 saturated carbocycles. The minimum absolute atomic E-state index is 0.0459. The Bertz CT molecular complexity index is 654. The lowest BCUT2D eigenvalue weighted by atomic mass is 9.80. The van der Waals surface area contributed by atoms with E-state index < -0.39 is 0 Å². The number of hydrogen-bond donors (Lipinski definition) is 1. The molecule has 0 atom stereocenters. The molecule has 0 bridgehead atoms. The van der Waals surface area contributed by atoms with Gasteiger partial charge in [0.1, 0.15) is 0 Å². The van der Waals surface area contributed by atoms with Gasteiger partial charge >= 0.3 is 0 Å². The van der Waals surface area contributed by atoms with Crippen molar-refractivity contribution in [2.24, 2.45) is 0 Å². The van der Waals surface area contributed by atoms with Crippen molar-refractivity contribution in [3.05, 3.63) is 57.3 Å². The highest BCUT2D eigenvalue weighted by Crippen LogP contribution is 2.41. The third kappa shape index (κ3) is 2.95. The third-order valence-electron chi connectivity index (χ3n) is 5.05. The summed E-state index contributed by atoms with van der Waals surface area (Å²) in [7, 11) is 0. The van der Waals surface area contributed by atoms with Gasteiger partial charge in [-0.25, -0.2) is 0 Å². The van der Waals surface area contributed by atoms with Crippen molar-refractivity contribution in [2.45, 2.75) is 44.9 Å². The lowest BCUT2D eigenvalue weighted by molar-refractivity contribution is 0.0943. The summed E-state index contributed by atoms with van der Waals surface area (Å²) in [5, 5.41) is 7.57. The van der Waals surface area contributed by atoms with Gasteiger partial charge in [0.05, 0.1) is 0 Å². The van der Waals surface area contributed by atoms with Gasteiger partial charge in [0, 0.05) is 17.5 Å². The Kier molecular flexibility index (Phi) is 4.34. The van der Waals surface area contributed by atoms with Crippen LogP contribution in [-0.4, -0.2) is 12.5 Å². The Labute approximate surface area is 136 Å². The Morgan fingerprint density at radius 1 is 1.18 bits per heavy atom. The summed E-state index contributed by atoms with van der Waals surface area (Å²) in [5.41, 5.74) is 4.70. The number of thiophene rings is 1. The van der Waals surface area contributed by atoms with Crippen molar-refractivity contribution < 1.29 is 4.79 Å². The average molecular weight is 313 g/mol. The molecule has 0 aliphatic heterocycles. The molecule has 0 unspecified atom stereocenters. The van der Waals surface area contributed by atoms with Crippen LogP contribution in [0.15, 0.2) is 35.0 Å². The van der Waals surface area contributed by atoms with Crippen LogP contribution in [0.5, 0.6) is 0 Å². The zero-order valence-electron chi connectivity index (χ0n) is 13.3. The first-order valence-electron chi connectivity index (χ1n) is 7.99. The molecule has 0 radical (unpaired) electrons. The highest BCUT2D eigenvalue weighted by molar-refractivity contribution is 7.08. The number of carbonyl (C=O) groups is 1. The van der Waals surface area contributed by atoms with Crippen LogP contribution in [0.25, 0.3) is 0 Å². The van der Waals surface area contributed by atoms with Crippen LogP contribution in [0.4, 0.5) is 0 Å². The number of carbonyl (C=O) groups excluding carboxylic acids is 1. The molecule has 1 fully saturated rings. The molecular formula is C19H23NOS. The van der Waals surface area contributed by atoms with Crippen LogP contribution >= 0.6 is 11.3 Å². The molecule has 1 N–H and O–H groups in total. The second-order valence-electron chi connectivity index (χ2n) is 6.48.